The van der Waals surface area contributed by atoms with E-state index < -0.39 is 0 Å². The molecule has 0 radical (unpaired) electrons. The summed E-state index contributed by atoms with van der Waals surface area (Å²) in [6.45, 7) is 6.89. The van der Waals surface area contributed by atoms with Crippen molar-refractivity contribution in [2.75, 3.05) is 33.2 Å². The average molecular weight is 493 g/mol. The van der Waals surface area contributed by atoms with Crippen LogP contribution in [0, 0.1) is 6.92 Å². The van der Waals surface area contributed by atoms with E-state index in [1.165, 1.54) is 12.0 Å². The van der Waals surface area contributed by atoms with Crippen molar-refractivity contribution in [3.8, 4) is 11.5 Å². The minimum Gasteiger partial charge on any atom is -0.444 e. The maximum Gasteiger partial charge on any atom is 0.226 e. The maximum absolute atomic E-state index is 5.65. The lowest BCUT2D eigenvalue weighted by Crippen LogP contribution is -2.42. The van der Waals surface area contributed by atoms with Crippen LogP contribution in [0.25, 0.3) is 11.5 Å². The zero-order valence-corrected chi connectivity index (χ0v) is 18.8. The lowest BCUT2D eigenvalue weighted by molar-refractivity contribution is 0.259. The maximum atomic E-state index is 5.65. The molecule has 1 fully saturated rings. The van der Waals surface area contributed by atoms with Gasteiger partial charge in [-0.15, -0.1) is 24.0 Å². The molecule has 0 saturated carbocycles. The number of guanidine groups is 1. The Labute approximate surface area is 183 Å². The number of oxazole rings is 1. The highest BCUT2D eigenvalue weighted by molar-refractivity contribution is 14.0. The van der Waals surface area contributed by atoms with Crippen molar-refractivity contribution in [3.63, 3.8) is 0 Å². The van der Waals surface area contributed by atoms with Gasteiger partial charge in [0.05, 0.1) is 12.2 Å². The van der Waals surface area contributed by atoms with Gasteiger partial charge in [-0.05, 0) is 25.5 Å². The molecular formula is C21H28IN5O. The molecule has 1 saturated heterocycles. The summed E-state index contributed by atoms with van der Waals surface area (Å²) in [6, 6.07) is 8.82. The topological polar surface area (TPSA) is 56.9 Å². The van der Waals surface area contributed by atoms with Gasteiger partial charge in [-0.2, -0.15) is 0 Å². The van der Waals surface area contributed by atoms with E-state index in [0.717, 1.165) is 43.4 Å². The van der Waals surface area contributed by atoms with E-state index in [9.17, 15) is 0 Å². The molecule has 7 heteroatoms. The molecular weight excluding hydrogens is 465 g/mol. The van der Waals surface area contributed by atoms with Crippen molar-refractivity contribution in [2.45, 2.75) is 25.9 Å². The summed E-state index contributed by atoms with van der Waals surface area (Å²) >= 11 is 0. The van der Waals surface area contributed by atoms with Crippen LogP contribution in [0.15, 0.2) is 52.1 Å². The van der Waals surface area contributed by atoms with Crippen LogP contribution in [-0.2, 0) is 6.54 Å². The fraction of sp³-hybridized carbons (Fsp3) is 0.429. The highest BCUT2D eigenvalue weighted by Gasteiger charge is 2.29. The van der Waals surface area contributed by atoms with Crippen LogP contribution in [0.1, 0.15) is 17.7 Å². The van der Waals surface area contributed by atoms with E-state index in [1.54, 1.807) is 6.26 Å². The quantitative estimate of drug-likeness (QED) is 0.307. The number of benzene rings is 1. The molecule has 1 aromatic carbocycles. The van der Waals surface area contributed by atoms with Crippen LogP contribution in [-0.4, -0.2) is 60.0 Å². The summed E-state index contributed by atoms with van der Waals surface area (Å²) in [5.41, 5.74) is 3.11. The van der Waals surface area contributed by atoms with Gasteiger partial charge >= 0.3 is 0 Å². The molecule has 4 rings (SSSR count). The molecule has 0 aliphatic carbocycles. The number of likely N-dealkylation sites (tertiary alicyclic amines) is 1. The minimum atomic E-state index is 0. The molecule has 150 valence electrons. The summed E-state index contributed by atoms with van der Waals surface area (Å²) in [4.78, 5) is 13.9. The third-order valence-corrected chi connectivity index (χ3v) is 5.32. The van der Waals surface area contributed by atoms with Crippen LogP contribution in [0.3, 0.4) is 0 Å². The number of nitrogens with zero attached hydrogens (tertiary/aromatic N) is 4. The van der Waals surface area contributed by atoms with E-state index >= 15 is 0 Å². The van der Waals surface area contributed by atoms with Gasteiger partial charge in [-0.1, -0.05) is 29.8 Å². The van der Waals surface area contributed by atoms with Gasteiger partial charge in [0.25, 0.3) is 0 Å². The highest BCUT2D eigenvalue weighted by Crippen LogP contribution is 2.20. The Kier molecular flexibility index (Phi) is 7.12. The molecule has 2 aliphatic rings. The fourth-order valence-corrected chi connectivity index (χ4v) is 3.74. The molecule has 1 atom stereocenters. The zero-order chi connectivity index (χ0) is 18.6. The average Bonchev–Trinajstić information content (AvgIpc) is 3.44. The van der Waals surface area contributed by atoms with Crippen molar-refractivity contribution in [1.29, 1.82) is 0 Å². The molecule has 1 unspecified atom stereocenters. The van der Waals surface area contributed by atoms with E-state index in [1.807, 2.05) is 19.2 Å². The summed E-state index contributed by atoms with van der Waals surface area (Å²) in [6.07, 6.45) is 7.42. The first kappa shape index (κ1) is 20.9. The second-order valence-corrected chi connectivity index (χ2v) is 7.22. The van der Waals surface area contributed by atoms with Gasteiger partial charge in [0.1, 0.15) is 6.26 Å². The highest BCUT2D eigenvalue weighted by atomic mass is 127. The molecule has 28 heavy (non-hydrogen) atoms. The predicted octanol–water partition coefficient (Wildman–Crippen LogP) is 3.29. The Morgan fingerprint density at radius 1 is 1.25 bits per heavy atom. The third kappa shape index (κ3) is 4.75. The van der Waals surface area contributed by atoms with Gasteiger partial charge < -0.3 is 14.6 Å². The Bertz CT molecular complexity index is 822. The Morgan fingerprint density at radius 3 is 2.71 bits per heavy atom. The summed E-state index contributed by atoms with van der Waals surface area (Å²) < 4.78 is 5.65. The number of hydrogen-bond acceptors (Lipinski definition) is 4. The van der Waals surface area contributed by atoms with Crippen molar-refractivity contribution in [3.05, 3.63) is 53.9 Å². The summed E-state index contributed by atoms with van der Waals surface area (Å²) in [5, 5.41) is 3.43. The van der Waals surface area contributed by atoms with E-state index in [-0.39, 0.29) is 24.0 Å². The number of aromatic nitrogens is 1. The number of hydrogen-bond donors (Lipinski definition) is 1. The number of aryl methyl sites for hydroxylation is 1. The van der Waals surface area contributed by atoms with Crippen molar-refractivity contribution >= 4 is 29.9 Å². The second kappa shape index (κ2) is 9.56. The zero-order valence-electron chi connectivity index (χ0n) is 16.5. The molecule has 0 amide bonds. The van der Waals surface area contributed by atoms with Gasteiger partial charge in [-0.25, -0.2) is 4.98 Å². The molecule has 1 N–H and O–H groups in total. The number of rotatable bonds is 4. The summed E-state index contributed by atoms with van der Waals surface area (Å²) in [5.74, 6) is 1.59. The van der Waals surface area contributed by atoms with Crippen molar-refractivity contribution < 1.29 is 4.42 Å². The second-order valence-electron chi connectivity index (χ2n) is 7.22. The monoisotopic (exact) mass is 493 g/mol. The van der Waals surface area contributed by atoms with E-state index in [4.69, 9.17) is 4.42 Å². The first-order valence-electron chi connectivity index (χ1n) is 9.59. The van der Waals surface area contributed by atoms with Gasteiger partial charge in [0, 0.05) is 44.8 Å². The predicted molar refractivity (Wildman–Crippen MR) is 123 cm³/mol. The molecule has 2 aromatic rings. The standard InChI is InChI=1S/C21H27N5O.HI/c1-16-5-7-17(8-6-16)20-24-18(15-27-20)13-23-21(22-2)26-12-9-19(14-26)25-10-3-4-11-25;/h3-8,15,19H,9-14H2,1-2H3,(H,22,23);1H. The lowest BCUT2D eigenvalue weighted by atomic mass is 10.1. The van der Waals surface area contributed by atoms with Crippen molar-refractivity contribution in [2.24, 2.45) is 4.99 Å². The van der Waals surface area contributed by atoms with Gasteiger partial charge in [0.2, 0.25) is 5.89 Å². The first-order chi connectivity index (χ1) is 13.2. The van der Waals surface area contributed by atoms with E-state index in [2.05, 4.69) is 56.3 Å². The smallest absolute Gasteiger partial charge is 0.226 e. The number of halogens is 1. The fourth-order valence-electron chi connectivity index (χ4n) is 3.74. The molecule has 0 spiro atoms. The first-order valence-corrected chi connectivity index (χ1v) is 9.59. The van der Waals surface area contributed by atoms with Crippen molar-refractivity contribution in [1.82, 2.24) is 20.1 Å². The molecule has 1 aromatic heterocycles. The van der Waals surface area contributed by atoms with Crippen LogP contribution >= 0.6 is 24.0 Å². The largest absolute Gasteiger partial charge is 0.444 e. The van der Waals surface area contributed by atoms with Crippen LogP contribution in [0.4, 0.5) is 0 Å². The minimum absolute atomic E-state index is 0. The molecule has 6 nitrogen and oxygen atoms in total. The van der Waals surface area contributed by atoms with Crippen LogP contribution < -0.4 is 5.32 Å². The Hall–Kier alpha value is -1.87. The van der Waals surface area contributed by atoms with Crippen LogP contribution in [0.5, 0.6) is 0 Å². The molecule has 2 aliphatic heterocycles. The van der Waals surface area contributed by atoms with Gasteiger partial charge in [-0.3, -0.25) is 9.89 Å². The summed E-state index contributed by atoms with van der Waals surface area (Å²) in [7, 11) is 1.84. The van der Waals surface area contributed by atoms with Crippen LogP contribution in [0.2, 0.25) is 0 Å². The SMILES string of the molecule is CN=C(NCc1coc(-c2ccc(C)cc2)n1)N1CCC(N2CC=CC2)C1.I. The Balaban J connectivity index is 0.00000225. The lowest BCUT2D eigenvalue weighted by Gasteiger charge is -2.25. The van der Waals surface area contributed by atoms with E-state index in [0.29, 0.717) is 18.5 Å². The third-order valence-electron chi connectivity index (χ3n) is 5.32. The number of aliphatic imine (C=N–C) groups is 1. The Morgan fingerprint density at radius 2 is 2.00 bits per heavy atom. The van der Waals surface area contributed by atoms with Gasteiger partial charge in [0.15, 0.2) is 5.96 Å². The molecule has 3 heterocycles. The number of nitrogens with one attached hydrogen (secondary N) is 1. The normalized spacial score (nSPS) is 19.9. The molecule has 0 bridgehead atoms.